The van der Waals surface area contributed by atoms with Crippen LogP contribution in [0.2, 0.25) is 5.02 Å². The van der Waals surface area contributed by atoms with Gasteiger partial charge in [0.1, 0.15) is 5.69 Å². The van der Waals surface area contributed by atoms with E-state index in [4.69, 9.17) is 11.6 Å². The van der Waals surface area contributed by atoms with Gasteiger partial charge in [-0.1, -0.05) is 23.7 Å². The Labute approximate surface area is 155 Å². The fourth-order valence-electron chi connectivity index (χ4n) is 2.68. The van der Waals surface area contributed by atoms with E-state index in [0.717, 1.165) is 48.2 Å². The average Bonchev–Trinajstić information content (AvgIpc) is 2.80. The number of alkyl halides is 2. The first kappa shape index (κ1) is 19.4. The molecular weight excluding hydrogens is 373 g/mol. The summed E-state index contributed by atoms with van der Waals surface area (Å²) in [6.07, 6.45) is 3.10. The number of pyridine rings is 1. The Morgan fingerprint density at radius 2 is 1.96 bits per heavy atom. The van der Waals surface area contributed by atoms with Crippen molar-refractivity contribution in [1.29, 1.82) is 0 Å². The third-order valence-corrected chi connectivity index (χ3v) is 5.56. The average molecular weight is 391 g/mol. The fraction of sp³-hybridized carbons (Fsp3) is 0.353. The Kier molecular flexibility index (Phi) is 6.87. The van der Waals surface area contributed by atoms with Gasteiger partial charge in [0.05, 0.1) is 10.8 Å². The number of hydrogen-bond donors (Lipinski definition) is 1. The number of hydrogen-bond acceptors (Lipinski definition) is 3. The van der Waals surface area contributed by atoms with Gasteiger partial charge in [0.2, 0.25) is 0 Å². The molecule has 1 aromatic carbocycles. The first-order valence-electron chi connectivity index (χ1n) is 7.51. The van der Waals surface area contributed by atoms with Crippen LogP contribution in [0.4, 0.5) is 8.78 Å². The van der Waals surface area contributed by atoms with E-state index in [0.29, 0.717) is 5.02 Å². The summed E-state index contributed by atoms with van der Waals surface area (Å²) in [6, 6.07) is 8.39. The van der Waals surface area contributed by atoms with Crippen molar-refractivity contribution < 1.29 is 8.78 Å². The topological polar surface area (TPSA) is 24.9 Å². The molecule has 3 rings (SSSR count). The first-order valence-corrected chi connectivity index (χ1v) is 8.87. The summed E-state index contributed by atoms with van der Waals surface area (Å²) in [5.41, 5.74) is 2.10. The number of nitrogens with zero attached hydrogens (tertiary/aromatic N) is 1. The Balaban J connectivity index is 0.00000208. The maximum absolute atomic E-state index is 14.3. The molecule has 0 amide bonds. The predicted octanol–water partition coefficient (Wildman–Crippen LogP) is 4.73. The number of halogens is 4. The molecule has 0 saturated carbocycles. The molecule has 2 aromatic rings. The lowest BCUT2D eigenvalue weighted by molar-refractivity contribution is 0.0184. The minimum atomic E-state index is -2.99. The molecular formula is C17H18Cl2F2N2S. The van der Waals surface area contributed by atoms with Gasteiger partial charge in [-0.3, -0.25) is 4.98 Å². The normalized spacial score (nSPS) is 14.5. The number of fused-ring (bicyclic) bond motifs is 1. The van der Waals surface area contributed by atoms with Crippen molar-refractivity contribution in [2.24, 2.45) is 0 Å². The Morgan fingerprint density at radius 3 is 2.71 bits per heavy atom. The van der Waals surface area contributed by atoms with Crippen molar-refractivity contribution in [2.75, 3.05) is 18.8 Å². The van der Waals surface area contributed by atoms with Gasteiger partial charge < -0.3 is 5.32 Å². The molecule has 0 atom stereocenters. The van der Waals surface area contributed by atoms with Crippen LogP contribution in [0.25, 0.3) is 0 Å². The third kappa shape index (κ3) is 4.39. The second kappa shape index (κ2) is 8.48. The highest BCUT2D eigenvalue weighted by Crippen LogP contribution is 2.39. The number of rotatable bonds is 4. The van der Waals surface area contributed by atoms with E-state index in [2.05, 4.69) is 10.3 Å². The lowest BCUT2D eigenvalue weighted by atomic mass is 10.0. The largest absolute Gasteiger partial charge is 0.316 e. The minimum Gasteiger partial charge on any atom is -0.316 e. The molecule has 130 valence electrons. The fourth-order valence-corrected chi connectivity index (χ4v) is 4.11. The van der Waals surface area contributed by atoms with Gasteiger partial charge >= 0.3 is 0 Å². The van der Waals surface area contributed by atoms with E-state index >= 15 is 0 Å². The van der Waals surface area contributed by atoms with Crippen LogP contribution in [0.1, 0.15) is 16.8 Å². The van der Waals surface area contributed by atoms with Crippen LogP contribution >= 0.6 is 35.8 Å². The van der Waals surface area contributed by atoms with Crippen molar-refractivity contribution in [1.82, 2.24) is 10.3 Å². The molecule has 2 nitrogen and oxygen atoms in total. The van der Waals surface area contributed by atoms with Crippen LogP contribution in [0.5, 0.6) is 0 Å². The molecule has 0 spiro atoms. The SMILES string of the molecule is Cl.FC(F)(CSc1c(Cl)ccc2c1CCNCC2)c1ccccn1. The second-order valence-electron chi connectivity index (χ2n) is 5.47. The number of thioether (sulfide) groups is 1. The Morgan fingerprint density at radius 1 is 1.17 bits per heavy atom. The van der Waals surface area contributed by atoms with Gasteiger partial charge in [-0.2, -0.15) is 8.78 Å². The van der Waals surface area contributed by atoms with Gasteiger partial charge in [0.25, 0.3) is 5.92 Å². The second-order valence-corrected chi connectivity index (χ2v) is 6.87. The lowest BCUT2D eigenvalue weighted by Gasteiger charge is -2.18. The Hall–Kier alpha value is -0.880. The van der Waals surface area contributed by atoms with Crippen LogP contribution in [0, 0.1) is 0 Å². The molecule has 0 unspecified atom stereocenters. The third-order valence-electron chi connectivity index (χ3n) is 3.87. The zero-order chi connectivity index (χ0) is 16.3. The van der Waals surface area contributed by atoms with Crippen LogP contribution in [0.15, 0.2) is 41.4 Å². The van der Waals surface area contributed by atoms with E-state index < -0.39 is 5.92 Å². The standard InChI is InChI=1S/C17H17ClF2N2S.ClH/c18-14-5-4-12-6-9-21-10-7-13(12)16(14)23-11-17(19,20)15-3-1-2-8-22-15;/h1-5,8,21H,6-7,9-11H2;1H. The molecule has 1 N–H and O–H groups in total. The summed E-state index contributed by atoms with van der Waals surface area (Å²) < 4.78 is 28.7. The predicted molar refractivity (Wildman–Crippen MR) is 97.8 cm³/mol. The smallest absolute Gasteiger partial charge is 0.298 e. The van der Waals surface area contributed by atoms with Gasteiger partial charge in [0, 0.05) is 11.1 Å². The van der Waals surface area contributed by atoms with Crippen molar-refractivity contribution >= 4 is 35.8 Å². The maximum Gasteiger partial charge on any atom is 0.298 e. The van der Waals surface area contributed by atoms with E-state index in [9.17, 15) is 8.78 Å². The zero-order valence-corrected chi connectivity index (χ0v) is 15.3. The number of aromatic nitrogens is 1. The van der Waals surface area contributed by atoms with E-state index in [1.165, 1.54) is 17.8 Å². The quantitative estimate of drug-likeness (QED) is 0.763. The molecule has 7 heteroatoms. The Bertz CT molecular complexity index is 684. The lowest BCUT2D eigenvalue weighted by Crippen LogP contribution is -2.18. The van der Waals surface area contributed by atoms with Crippen LogP contribution in [-0.4, -0.2) is 23.8 Å². The molecule has 2 heterocycles. The molecule has 24 heavy (non-hydrogen) atoms. The van der Waals surface area contributed by atoms with Crippen LogP contribution in [0.3, 0.4) is 0 Å². The summed E-state index contributed by atoms with van der Waals surface area (Å²) in [4.78, 5) is 4.56. The van der Waals surface area contributed by atoms with Gasteiger partial charge in [-0.15, -0.1) is 24.2 Å². The minimum absolute atomic E-state index is 0. The first-order chi connectivity index (χ1) is 11.1. The van der Waals surface area contributed by atoms with Gasteiger partial charge in [-0.05, 0) is 55.3 Å². The number of nitrogens with one attached hydrogen (secondary N) is 1. The van der Waals surface area contributed by atoms with E-state index in [-0.39, 0.29) is 23.9 Å². The van der Waals surface area contributed by atoms with Gasteiger partial charge in [0.15, 0.2) is 0 Å². The summed E-state index contributed by atoms with van der Waals surface area (Å²) in [5, 5.41) is 3.88. The molecule has 1 aliphatic heterocycles. The van der Waals surface area contributed by atoms with Gasteiger partial charge in [-0.25, -0.2) is 0 Å². The molecule has 0 saturated heterocycles. The van der Waals surface area contributed by atoms with Crippen molar-refractivity contribution in [3.05, 3.63) is 58.4 Å². The van der Waals surface area contributed by atoms with Crippen molar-refractivity contribution in [3.8, 4) is 0 Å². The highest BCUT2D eigenvalue weighted by atomic mass is 35.5. The van der Waals surface area contributed by atoms with Crippen molar-refractivity contribution in [3.63, 3.8) is 0 Å². The maximum atomic E-state index is 14.3. The highest BCUT2D eigenvalue weighted by Gasteiger charge is 2.33. The summed E-state index contributed by atoms with van der Waals surface area (Å²) >= 11 is 7.41. The molecule has 0 fully saturated rings. The molecule has 1 aromatic heterocycles. The number of benzene rings is 1. The molecule has 1 aliphatic rings. The zero-order valence-electron chi connectivity index (χ0n) is 12.9. The molecule has 0 bridgehead atoms. The summed E-state index contributed by atoms with van der Waals surface area (Å²) in [7, 11) is 0. The van der Waals surface area contributed by atoms with Crippen LogP contribution in [-0.2, 0) is 18.8 Å². The van der Waals surface area contributed by atoms with E-state index in [1.807, 2.05) is 12.1 Å². The molecule has 0 radical (unpaired) electrons. The monoisotopic (exact) mass is 390 g/mol. The van der Waals surface area contributed by atoms with Crippen molar-refractivity contribution in [2.45, 2.75) is 23.7 Å². The highest BCUT2D eigenvalue weighted by molar-refractivity contribution is 7.99. The summed E-state index contributed by atoms with van der Waals surface area (Å²) in [6.45, 7) is 1.75. The van der Waals surface area contributed by atoms with Crippen LogP contribution < -0.4 is 5.32 Å². The molecule has 0 aliphatic carbocycles. The van der Waals surface area contributed by atoms with E-state index in [1.54, 1.807) is 12.1 Å². The summed E-state index contributed by atoms with van der Waals surface area (Å²) in [5.74, 6) is -3.35.